The van der Waals surface area contributed by atoms with E-state index in [1.807, 2.05) is 21.1 Å². The van der Waals surface area contributed by atoms with Crippen molar-refractivity contribution in [2.75, 3.05) is 47.5 Å². The van der Waals surface area contributed by atoms with E-state index in [2.05, 4.69) is 98.9 Å². The first-order chi connectivity index (χ1) is 29.0. The highest BCUT2D eigenvalue weighted by Gasteiger charge is 2.21. The molecule has 2 atom stereocenters. The molecule has 0 fully saturated rings. The summed E-state index contributed by atoms with van der Waals surface area (Å²) in [5.74, 6) is -0.866. The minimum absolute atomic E-state index is 0.0386. The molecule has 0 saturated carbocycles. The number of hydrogen-bond acceptors (Lipinski definition) is 8. The van der Waals surface area contributed by atoms with Gasteiger partial charge in [0.25, 0.3) is 7.82 Å². The molecule has 10 heteroatoms. The zero-order valence-electron chi connectivity index (χ0n) is 38.6. The van der Waals surface area contributed by atoms with Crippen LogP contribution in [0.25, 0.3) is 0 Å². The summed E-state index contributed by atoms with van der Waals surface area (Å²) in [6, 6.07) is 0. The number of carbonyl (C=O) groups excluding carboxylic acids is 2. The van der Waals surface area contributed by atoms with E-state index in [0.29, 0.717) is 17.4 Å². The molecule has 9 nitrogen and oxygen atoms in total. The first kappa shape index (κ1) is 57.2. The van der Waals surface area contributed by atoms with Crippen molar-refractivity contribution in [1.29, 1.82) is 0 Å². The minimum atomic E-state index is -4.63. The Bertz CT molecular complexity index is 1290. The molecule has 60 heavy (non-hydrogen) atoms. The fraction of sp³-hybridized carbons (Fsp3) is 0.680. The van der Waals surface area contributed by atoms with Crippen LogP contribution in [0.3, 0.4) is 0 Å². The Morgan fingerprint density at radius 2 is 0.950 bits per heavy atom. The Morgan fingerprint density at radius 3 is 1.42 bits per heavy atom. The fourth-order valence-electron chi connectivity index (χ4n) is 5.81. The van der Waals surface area contributed by atoms with Gasteiger partial charge in [-0.25, -0.2) is 0 Å². The van der Waals surface area contributed by atoms with Crippen molar-refractivity contribution in [2.45, 2.75) is 174 Å². The standard InChI is InChI=1S/C50H86NO8P/c1-6-8-10-12-14-16-17-18-19-20-21-22-23-24-25-26-27-28-29-30-31-32-33-35-37-39-41-43-50(53)59-48(47-58-60(54,55)57-45-44-51(3,4)5)46-56-49(52)42-40-38-36-34-15-13-11-9-7-2/h8,10,14,16,18-19,21-22,24-25,27-28,30-31,48H,6-7,9,11-13,15,17,20,23,26,29,32-47H2,1-5H3/b10-8-,16-14-,19-18-,22-21-,25-24-,28-27-,31-30-. The van der Waals surface area contributed by atoms with Crippen LogP contribution in [0.2, 0.25) is 0 Å². The number of unbranched alkanes of at least 4 members (excludes halogenated alkanes) is 13. The summed E-state index contributed by atoms with van der Waals surface area (Å²) in [6.07, 6.45) is 53.4. The first-order valence-electron chi connectivity index (χ1n) is 23.3. The molecule has 0 spiro atoms. The largest absolute Gasteiger partial charge is 0.756 e. The van der Waals surface area contributed by atoms with Crippen LogP contribution < -0.4 is 4.89 Å². The van der Waals surface area contributed by atoms with E-state index in [1.54, 1.807) is 0 Å². The van der Waals surface area contributed by atoms with Gasteiger partial charge < -0.3 is 27.9 Å². The van der Waals surface area contributed by atoms with E-state index in [9.17, 15) is 19.0 Å². The summed E-state index contributed by atoms with van der Waals surface area (Å²) in [6.45, 7) is 4.04. The van der Waals surface area contributed by atoms with E-state index in [-0.39, 0.29) is 26.1 Å². The van der Waals surface area contributed by atoms with Gasteiger partial charge in [0.2, 0.25) is 0 Å². The highest BCUT2D eigenvalue weighted by atomic mass is 31.2. The second-order valence-corrected chi connectivity index (χ2v) is 17.8. The van der Waals surface area contributed by atoms with Gasteiger partial charge in [-0.05, 0) is 70.6 Å². The molecule has 0 aliphatic carbocycles. The van der Waals surface area contributed by atoms with Crippen LogP contribution in [0.5, 0.6) is 0 Å². The lowest BCUT2D eigenvalue weighted by Gasteiger charge is -2.28. The molecule has 0 aromatic heterocycles. The summed E-state index contributed by atoms with van der Waals surface area (Å²) in [4.78, 5) is 37.5. The summed E-state index contributed by atoms with van der Waals surface area (Å²) in [7, 11) is 1.14. The molecule has 0 rings (SSSR count). The lowest BCUT2D eigenvalue weighted by atomic mass is 10.1. The van der Waals surface area contributed by atoms with E-state index in [4.69, 9.17) is 18.5 Å². The van der Waals surface area contributed by atoms with Crippen LogP contribution in [-0.4, -0.2) is 70.0 Å². The lowest BCUT2D eigenvalue weighted by molar-refractivity contribution is -0.870. The van der Waals surface area contributed by atoms with Crippen molar-refractivity contribution < 1.29 is 42.1 Å². The molecule has 0 aliphatic rings. The van der Waals surface area contributed by atoms with Gasteiger partial charge in [0, 0.05) is 12.8 Å². The molecule has 0 N–H and O–H groups in total. The number of phosphoric ester groups is 1. The Hall–Kier alpha value is -2.81. The predicted molar refractivity (Wildman–Crippen MR) is 249 cm³/mol. The number of rotatable bonds is 41. The number of esters is 2. The maximum Gasteiger partial charge on any atom is 0.306 e. The van der Waals surface area contributed by atoms with Gasteiger partial charge in [-0.1, -0.05) is 170 Å². The van der Waals surface area contributed by atoms with Crippen molar-refractivity contribution >= 4 is 19.8 Å². The number of hydrogen-bond donors (Lipinski definition) is 0. The van der Waals surface area contributed by atoms with E-state index < -0.39 is 32.5 Å². The van der Waals surface area contributed by atoms with Crippen molar-refractivity contribution in [1.82, 2.24) is 0 Å². The first-order valence-corrected chi connectivity index (χ1v) is 24.8. The quantitative estimate of drug-likeness (QED) is 0.0196. The van der Waals surface area contributed by atoms with Gasteiger partial charge in [0.05, 0.1) is 27.7 Å². The second-order valence-electron chi connectivity index (χ2n) is 16.4. The lowest BCUT2D eigenvalue weighted by Crippen LogP contribution is -2.37. The average Bonchev–Trinajstić information content (AvgIpc) is 3.20. The molecular weight excluding hydrogens is 774 g/mol. The molecule has 344 valence electrons. The third-order valence-corrected chi connectivity index (χ3v) is 10.4. The van der Waals surface area contributed by atoms with Crippen LogP contribution in [0.15, 0.2) is 85.1 Å². The molecular formula is C50H86NO8P. The van der Waals surface area contributed by atoms with Crippen molar-refractivity contribution in [3.05, 3.63) is 85.1 Å². The number of nitrogens with zero attached hydrogens (tertiary/aromatic N) is 1. The molecule has 0 aliphatic heterocycles. The average molecular weight is 860 g/mol. The SMILES string of the molecule is CC/C=C\C/C=C\C/C=C\C/C=C\C/C=C\C/C=C\C/C=C\CCCCCCCC(=O)OC(COC(=O)CCCCCCCCCCC)COP(=O)([O-])OCC[N+](C)(C)C. The van der Waals surface area contributed by atoms with Crippen LogP contribution in [0, 0.1) is 0 Å². The topological polar surface area (TPSA) is 111 Å². The smallest absolute Gasteiger partial charge is 0.306 e. The third-order valence-electron chi connectivity index (χ3n) is 9.43. The number of carbonyl (C=O) groups is 2. The summed E-state index contributed by atoms with van der Waals surface area (Å²) >= 11 is 0. The summed E-state index contributed by atoms with van der Waals surface area (Å²) in [5.41, 5.74) is 0. The van der Waals surface area contributed by atoms with Crippen molar-refractivity contribution in [3.8, 4) is 0 Å². The molecule has 0 radical (unpaired) electrons. The van der Waals surface area contributed by atoms with Crippen molar-refractivity contribution in [2.24, 2.45) is 0 Å². The minimum Gasteiger partial charge on any atom is -0.756 e. The summed E-state index contributed by atoms with van der Waals surface area (Å²) < 4.78 is 33.8. The molecule has 0 saturated heterocycles. The van der Waals surface area contributed by atoms with Crippen LogP contribution in [0.4, 0.5) is 0 Å². The van der Waals surface area contributed by atoms with Gasteiger partial charge in [-0.2, -0.15) is 0 Å². The predicted octanol–water partition coefficient (Wildman–Crippen LogP) is 12.9. The van der Waals surface area contributed by atoms with Gasteiger partial charge in [-0.15, -0.1) is 0 Å². The maximum atomic E-state index is 12.7. The molecule has 0 bridgehead atoms. The van der Waals surface area contributed by atoms with Gasteiger partial charge in [-0.3, -0.25) is 14.2 Å². The second kappa shape index (κ2) is 41.5. The van der Waals surface area contributed by atoms with E-state index >= 15 is 0 Å². The Labute approximate surface area is 367 Å². The van der Waals surface area contributed by atoms with Crippen LogP contribution >= 0.6 is 7.82 Å². The monoisotopic (exact) mass is 860 g/mol. The number of quaternary nitrogens is 1. The van der Waals surface area contributed by atoms with E-state index in [0.717, 1.165) is 96.3 Å². The zero-order chi connectivity index (χ0) is 44.3. The molecule has 0 amide bonds. The van der Waals surface area contributed by atoms with Crippen LogP contribution in [0.1, 0.15) is 168 Å². The zero-order valence-corrected chi connectivity index (χ0v) is 39.5. The molecule has 0 aromatic carbocycles. The Morgan fingerprint density at radius 1 is 0.533 bits per heavy atom. The van der Waals surface area contributed by atoms with Gasteiger partial charge in [0.1, 0.15) is 19.8 Å². The highest BCUT2D eigenvalue weighted by molar-refractivity contribution is 7.45. The van der Waals surface area contributed by atoms with Gasteiger partial charge >= 0.3 is 11.9 Å². The number of likely N-dealkylation sites (N-methyl/N-ethyl adjacent to an activating group) is 1. The van der Waals surface area contributed by atoms with Gasteiger partial charge in [0.15, 0.2) is 6.10 Å². The van der Waals surface area contributed by atoms with Crippen LogP contribution in [-0.2, 0) is 32.7 Å². The normalized spacial score (nSPS) is 14.3. The number of ether oxygens (including phenoxy) is 2. The number of allylic oxidation sites excluding steroid dienone is 14. The molecule has 0 aromatic rings. The number of phosphoric acid groups is 1. The Balaban J connectivity index is 4.28. The van der Waals surface area contributed by atoms with E-state index in [1.165, 1.54) is 38.5 Å². The summed E-state index contributed by atoms with van der Waals surface area (Å²) in [5, 5.41) is 0. The molecule has 0 heterocycles. The highest BCUT2D eigenvalue weighted by Crippen LogP contribution is 2.38. The maximum absolute atomic E-state index is 12.7. The fourth-order valence-corrected chi connectivity index (χ4v) is 6.54. The third kappa shape index (κ3) is 44.7. The van der Waals surface area contributed by atoms with Crippen molar-refractivity contribution in [3.63, 3.8) is 0 Å². The Kier molecular flexibility index (Phi) is 39.6. The molecule has 2 unspecified atom stereocenters.